The van der Waals surface area contributed by atoms with Crippen molar-refractivity contribution in [3.8, 4) is 0 Å². The van der Waals surface area contributed by atoms with Gasteiger partial charge in [-0.05, 0) is 19.9 Å². The van der Waals surface area contributed by atoms with E-state index in [9.17, 15) is 9.18 Å². The summed E-state index contributed by atoms with van der Waals surface area (Å²) in [5.41, 5.74) is 5.21. The molecule has 0 radical (unpaired) electrons. The van der Waals surface area contributed by atoms with E-state index >= 15 is 0 Å². The summed E-state index contributed by atoms with van der Waals surface area (Å²) in [7, 11) is 0. The highest BCUT2D eigenvalue weighted by Gasteiger charge is 2.28. The summed E-state index contributed by atoms with van der Waals surface area (Å²) in [6, 6.07) is 6.17. The van der Waals surface area contributed by atoms with Gasteiger partial charge in [-0.15, -0.1) is 0 Å². The van der Waals surface area contributed by atoms with E-state index in [0.717, 1.165) is 0 Å². The first-order valence-electron chi connectivity index (χ1n) is 5.17. The highest BCUT2D eigenvalue weighted by atomic mass is 19.1. The van der Waals surface area contributed by atoms with Gasteiger partial charge in [0.15, 0.2) is 0 Å². The van der Waals surface area contributed by atoms with Crippen LogP contribution in [0.4, 0.5) is 4.39 Å². The molecule has 0 aliphatic carbocycles. The number of hydrogen-bond acceptors (Lipinski definition) is 3. The lowest BCUT2D eigenvalue weighted by molar-refractivity contribution is -0.144. The molecule has 1 atom stereocenters. The van der Waals surface area contributed by atoms with Gasteiger partial charge in [0.25, 0.3) is 0 Å². The Morgan fingerprint density at radius 1 is 1.50 bits per heavy atom. The maximum absolute atomic E-state index is 13.5. The van der Waals surface area contributed by atoms with Crippen molar-refractivity contribution < 1.29 is 13.9 Å². The molecule has 0 saturated carbocycles. The maximum Gasteiger partial charge on any atom is 0.307 e. The van der Waals surface area contributed by atoms with Crippen LogP contribution in [0.3, 0.4) is 0 Å². The van der Waals surface area contributed by atoms with Crippen LogP contribution in [0.2, 0.25) is 0 Å². The summed E-state index contributed by atoms with van der Waals surface area (Å²) < 4.78 is 18.3. The van der Waals surface area contributed by atoms with Crippen LogP contribution in [0, 0.1) is 5.82 Å². The van der Waals surface area contributed by atoms with Crippen LogP contribution in [0.25, 0.3) is 0 Å². The van der Waals surface area contributed by atoms with Crippen molar-refractivity contribution in [3.05, 3.63) is 35.6 Å². The van der Waals surface area contributed by atoms with Gasteiger partial charge in [-0.25, -0.2) is 4.39 Å². The smallest absolute Gasteiger partial charge is 0.307 e. The number of esters is 1. The summed E-state index contributed by atoms with van der Waals surface area (Å²) in [5, 5.41) is 0. The van der Waals surface area contributed by atoms with E-state index < -0.39 is 17.3 Å². The Hall–Kier alpha value is -1.42. The number of benzene rings is 1. The number of hydrogen-bond donors (Lipinski definition) is 1. The number of halogens is 1. The van der Waals surface area contributed by atoms with Gasteiger partial charge in [0.05, 0.1) is 18.6 Å². The van der Waals surface area contributed by atoms with Gasteiger partial charge in [0.1, 0.15) is 5.82 Å². The van der Waals surface area contributed by atoms with Crippen molar-refractivity contribution in [2.45, 2.75) is 25.8 Å². The average Bonchev–Trinajstić information content (AvgIpc) is 2.17. The molecule has 0 bridgehead atoms. The molecule has 88 valence electrons. The predicted octanol–water partition coefficient (Wildman–Crippen LogP) is 1.95. The summed E-state index contributed by atoms with van der Waals surface area (Å²) in [5.74, 6) is -0.826. The quantitative estimate of drug-likeness (QED) is 0.797. The van der Waals surface area contributed by atoms with Gasteiger partial charge in [0.2, 0.25) is 0 Å². The largest absolute Gasteiger partial charge is 0.466 e. The minimum Gasteiger partial charge on any atom is -0.466 e. The number of rotatable bonds is 4. The fourth-order valence-corrected chi connectivity index (χ4v) is 1.53. The van der Waals surface area contributed by atoms with Crippen molar-refractivity contribution in [2.24, 2.45) is 5.73 Å². The third-order valence-electron chi connectivity index (χ3n) is 2.31. The summed E-state index contributed by atoms with van der Waals surface area (Å²) in [6.45, 7) is 3.63. The van der Waals surface area contributed by atoms with E-state index in [1.165, 1.54) is 6.07 Å². The fourth-order valence-electron chi connectivity index (χ4n) is 1.53. The Balaban J connectivity index is 2.85. The van der Waals surface area contributed by atoms with E-state index in [2.05, 4.69) is 0 Å². The zero-order chi connectivity index (χ0) is 12.2. The van der Waals surface area contributed by atoms with E-state index in [1.807, 2.05) is 0 Å². The molecular weight excluding hydrogens is 209 g/mol. The second kappa shape index (κ2) is 5.07. The van der Waals surface area contributed by atoms with E-state index in [-0.39, 0.29) is 6.42 Å². The first kappa shape index (κ1) is 12.6. The first-order chi connectivity index (χ1) is 7.47. The predicted molar refractivity (Wildman–Crippen MR) is 59.2 cm³/mol. The molecule has 1 aromatic rings. The number of carbonyl (C=O) groups excluding carboxylic acids is 1. The SMILES string of the molecule is CCOC(=O)CC(C)(N)c1ccccc1F. The highest BCUT2D eigenvalue weighted by Crippen LogP contribution is 2.24. The van der Waals surface area contributed by atoms with Crippen LogP contribution in [-0.4, -0.2) is 12.6 Å². The lowest BCUT2D eigenvalue weighted by Gasteiger charge is -2.24. The zero-order valence-electron chi connectivity index (χ0n) is 9.50. The average molecular weight is 225 g/mol. The maximum atomic E-state index is 13.5. The Kier molecular flexibility index (Phi) is 4.01. The molecule has 2 N–H and O–H groups in total. The van der Waals surface area contributed by atoms with Gasteiger partial charge in [0, 0.05) is 5.56 Å². The van der Waals surface area contributed by atoms with Gasteiger partial charge in [-0.3, -0.25) is 4.79 Å². The molecule has 0 fully saturated rings. The summed E-state index contributed by atoms with van der Waals surface area (Å²) in [6.07, 6.45) is -0.0399. The highest BCUT2D eigenvalue weighted by molar-refractivity contribution is 5.71. The first-order valence-corrected chi connectivity index (χ1v) is 5.17. The van der Waals surface area contributed by atoms with Crippen molar-refractivity contribution >= 4 is 5.97 Å². The zero-order valence-corrected chi connectivity index (χ0v) is 9.50. The van der Waals surface area contributed by atoms with Crippen LogP contribution in [0.15, 0.2) is 24.3 Å². The van der Waals surface area contributed by atoms with E-state index in [4.69, 9.17) is 10.5 Å². The Morgan fingerprint density at radius 2 is 2.12 bits per heavy atom. The molecule has 4 heteroatoms. The molecule has 0 saturated heterocycles. The molecule has 0 spiro atoms. The van der Waals surface area contributed by atoms with Crippen LogP contribution < -0.4 is 5.73 Å². The number of nitrogens with two attached hydrogens (primary N) is 1. The summed E-state index contributed by atoms with van der Waals surface area (Å²) in [4.78, 5) is 11.3. The molecule has 16 heavy (non-hydrogen) atoms. The molecular formula is C12H16FNO2. The Morgan fingerprint density at radius 3 is 2.69 bits per heavy atom. The van der Waals surface area contributed by atoms with Crippen LogP contribution >= 0.6 is 0 Å². The topological polar surface area (TPSA) is 52.3 Å². The molecule has 1 unspecified atom stereocenters. The van der Waals surface area contributed by atoms with Gasteiger partial charge < -0.3 is 10.5 Å². The van der Waals surface area contributed by atoms with Gasteiger partial charge in [-0.1, -0.05) is 18.2 Å². The molecule has 1 aromatic carbocycles. The molecule has 1 rings (SSSR count). The standard InChI is InChI=1S/C12H16FNO2/c1-3-16-11(15)8-12(2,14)9-6-4-5-7-10(9)13/h4-7H,3,8,14H2,1-2H3. The molecule has 0 aliphatic rings. The van der Waals surface area contributed by atoms with Crippen molar-refractivity contribution in [3.63, 3.8) is 0 Å². The minimum atomic E-state index is -1.04. The van der Waals surface area contributed by atoms with Crippen molar-refractivity contribution in [1.82, 2.24) is 0 Å². The Bertz CT molecular complexity index is 377. The van der Waals surface area contributed by atoms with E-state index in [1.54, 1.807) is 32.0 Å². The van der Waals surface area contributed by atoms with Crippen LogP contribution in [0.5, 0.6) is 0 Å². The van der Waals surface area contributed by atoms with Gasteiger partial charge in [-0.2, -0.15) is 0 Å². The monoisotopic (exact) mass is 225 g/mol. The lowest BCUT2D eigenvalue weighted by atomic mass is 9.89. The lowest BCUT2D eigenvalue weighted by Crippen LogP contribution is -2.37. The van der Waals surface area contributed by atoms with Gasteiger partial charge >= 0.3 is 5.97 Å². The normalized spacial score (nSPS) is 14.2. The van der Waals surface area contributed by atoms with Crippen LogP contribution in [-0.2, 0) is 15.1 Å². The van der Waals surface area contributed by atoms with E-state index in [0.29, 0.717) is 12.2 Å². The van der Waals surface area contributed by atoms with Crippen LogP contribution in [0.1, 0.15) is 25.8 Å². The molecule has 0 amide bonds. The second-order valence-electron chi connectivity index (χ2n) is 3.88. The fraction of sp³-hybridized carbons (Fsp3) is 0.417. The second-order valence-corrected chi connectivity index (χ2v) is 3.88. The summed E-state index contributed by atoms with van der Waals surface area (Å²) >= 11 is 0. The Labute approximate surface area is 94.4 Å². The molecule has 0 aliphatic heterocycles. The molecule has 0 aromatic heterocycles. The van der Waals surface area contributed by atoms with Crippen molar-refractivity contribution in [1.29, 1.82) is 0 Å². The third kappa shape index (κ3) is 3.03. The number of ether oxygens (including phenoxy) is 1. The van der Waals surface area contributed by atoms with Crippen molar-refractivity contribution in [2.75, 3.05) is 6.61 Å². The number of carbonyl (C=O) groups is 1. The molecule has 0 heterocycles. The third-order valence-corrected chi connectivity index (χ3v) is 2.31. The minimum absolute atomic E-state index is 0.0399. The molecule has 3 nitrogen and oxygen atoms in total.